The molecule has 1 N–H and O–H groups in total. The van der Waals surface area contributed by atoms with Crippen LogP contribution in [0.5, 0.6) is 0 Å². The second-order valence-electron chi connectivity index (χ2n) is 6.49. The topological polar surface area (TPSA) is 15.3 Å². The summed E-state index contributed by atoms with van der Waals surface area (Å²) in [5.74, 6) is 0. The van der Waals surface area contributed by atoms with Gasteiger partial charge in [0.1, 0.15) is 0 Å². The van der Waals surface area contributed by atoms with Gasteiger partial charge in [-0.1, -0.05) is 26.8 Å². The van der Waals surface area contributed by atoms with Crippen molar-refractivity contribution in [1.82, 2.24) is 0 Å². The number of fused-ring (bicyclic) bond motifs is 1. The van der Waals surface area contributed by atoms with Gasteiger partial charge in [-0.15, -0.1) is 0 Å². The van der Waals surface area contributed by atoms with Crippen molar-refractivity contribution in [3.05, 3.63) is 23.8 Å². The summed E-state index contributed by atoms with van der Waals surface area (Å²) in [6, 6.07) is 7.14. The zero-order valence-corrected chi connectivity index (χ0v) is 12.4. The van der Waals surface area contributed by atoms with Crippen molar-refractivity contribution in [3.63, 3.8) is 0 Å². The van der Waals surface area contributed by atoms with E-state index in [9.17, 15) is 0 Å². The molecular weight excluding hydrogens is 220 g/mol. The third-order valence-electron chi connectivity index (χ3n) is 4.28. The monoisotopic (exact) mass is 246 g/mol. The van der Waals surface area contributed by atoms with Gasteiger partial charge in [0.25, 0.3) is 0 Å². The van der Waals surface area contributed by atoms with E-state index in [1.165, 1.54) is 29.8 Å². The lowest BCUT2D eigenvalue weighted by Gasteiger charge is -2.38. The Morgan fingerprint density at radius 3 is 2.67 bits per heavy atom. The van der Waals surface area contributed by atoms with Crippen molar-refractivity contribution in [1.29, 1.82) is 0 Å². The smallest absolute Gasteiger partial charge is 0.0419 e. The average Bonchev–Trinajstić information content (AvgIpc) is 2.35. The zero-order chi connectivity index (χ0) is 13.3. The molecule has 2 nitrogen and oxygen atoms in total. The van der Waals surface area contributed by atoms with E-state index in [-0.39, 0.29) is 0 Å². The van der Waals surface area contributed by atoms with E-state index in [4.69, 9.17) is 0 Å². The largest absolute Gasteiger partial charge is 0.385 e. The number of rotatable bonds is 2. The molecule has 0 saturated heterocycles. The van der Waals surface area contributed by atoms with Gasteiger partial charge >= 0.3 is 0 Å². The number of nitrogens with zero attached hydrogens (tertiary/aromatic N) is 1. The van der Waals surface area contributed by atoms with Crippen LogP contribution in [0.3, 0.4) is 0 Å². The molecule has 0 aromatic heterocycles. The van der Waals surface area contributed by atoms with Gasteiger partial charge in [-0.05, 0) is 42.9 Å². The minimum Gasteiger partial charge on any atom is -0.385 e. The molecule has 0 bridgehead atoms. The highest BCUT2D eigenvalue weighted by Crippen LogP contribution is 2.34. The fraction of sp³-hybridized carbons (Fsp3) is 0.625. The van der Waals surface area contributed by atoms with Gasteiger partial charge in [-0.3, -0.25) is 0 Å². The van der Waals surface area contributed by atoms with Crippen LogP contribution in [0.2, 0.25) is 0 Å². The van der Waals surface area contributed by atoms with Gasteiger partial charge in [-0.2, -0.15) is 0 Å². The zero-order valence-electron chi connectivity index (χ0n) is 12.4. The Labute approximate surface area is 111 Å². The number of hydrogen-bond donors (Lipinski definition) is 1. The van der Waals surface area contributed by atoms with Crippen LogP contribution in [-0.2, 0) is 6.42 Å². The third-order valence-corrected chi connectivity index (χ3v) is 4.28. The molecule has 2 heteroatoms. The van der Waals surface area contributed by atoms with E-state index in [0.717, 1.165) is 6.54 Å². The van der Waals surface area contributed by atoms with Crippen molar-refractivity contribution < 1.29 is 0 Å². The molecule has 0 saturated carbocycles. The Morgan fingerprint density at radius 2 is 2.00 bits per heavy atom. The summed E-state index contributed by atoms with van der Waals surface area (Å²) in [6.45, 7) is 10.3. The molecule has 1 aliphatic heterocycles. The lowest BCUT2D eigenvalue weighted by molar-refractivity contribution is 0.329. The molecule has 0 aliphatic carbocycles. The second kappa shape index (κ2) is 4.83. The van der Waals surface area contributed by atoms with Gasteiger partial charge < -0.3 is 10.2 Å². The fourth-order valence-electron chi connectivity index (χ4n) is 2.61. The summed E-state index contributed by atoms with van der Waals surface area (Å²) in [7, 11) is 2.22. The highest BCUT2D eigenvalue weighted by Gasteiger charge is 2.26. The molecule has 1 atom stereocenters. The highest BCUT2D eigenvalue weighted by molar-refractivity contribution is 5.68. The Kier molecular flexibility index (Phi) is 3.56. The lowest BCUT2D eigenvalue weighted by Crippen LogP contribution is -2.40. The summed E-state index contributed by atoms with van der Waals surface area (Å²) in [6.07, 6.45) is 2.43. The van der Waals surface area contributed by atoms with Gasteiger partial charge in [0.2, 0.25) is 0 Å². The Hall–Kier alpha value is -1.18. The normalized spacial score (nSPS) is 16.7. The molecule has 1 unspecified atom stereocenters. The molecule has 0 amide bonds. The van der Waals surface area contributed by atoms with Crippen molar-refractivity contribution in [3.8, 4) is 0 Å². The predicted octanol–water partition coefficient (Wildman–Crippen LogP) is 3.92. The summed E-state index contributed by atoms with van der Waals surface area (Å²) >= 11 is 0. The molecule has 2 rings (SSSR count). The van der Waals surface area contributed by atoms with Gasteiger partial charge in [-0.25, -0.2) is 0 Å². The molecule has 1 heterocycles. The van der Waals surface area contributed by atoms with Crippen molar-refractivity contribution in [2.45, 2.75) is 46.6 Å². The molecule has 1 aliphatic rings. The van der Waals surface area contributed by atoms with Crippen LogP contribution >= 0.6 is 0 Å². The van der Waals surface area contributed by atoms with E-state index in [0.29, 0.717) is 11.5 Å². The maximum Gasteiger partial charge on any atom is 0.0419 e. The number of anilines is 2. The fourth-order valence-corrected chi connectivity index (χ4v) is 2.61. The van der Waals surface area contributed by atoms with Crippen molar-refractivity contribution in [2.75, 3.05) is 23.8 Å². The first-order valence-electron chi connectivity index (χ1n) is 7.00. The maximum atomic E-state index is 3.51. The molecule has 0 spiro atoms. The van der Waals surface area contributed by atoms with Crippen LogP contribution in [0.4, 0.5) is 11.4 Å². The Balaban J connectivity index is 2.33. The van der Waals surface area contributed by atoms with Crippen molar-refractivity contribution >= 4 is 11.4 Å². The van der Waals surface area contributed by atoms with Crippen LogP contribution in [0.25, 0.3) is 0 Å². The van der Waals surface area contributed by atoms with E-state index in [1.54, 1.807) is 0 Å². The molecule has 100 valence electrons. The van der Waals surface area contributed by atoms with Crippen molar-refractivity contribution in [2.24, 2.45) is 5.41 Å². The summed E-state index contributed by atoms with van der Waals surface area (Å²) in [5, 5.41) is 3.51. The predicted molar refractivity (Wildman–Crippen MR) is 80.6 cm³/mol. The van der Waals surface area contributed by atoms with E-state index in [2.05, 4.69) is 63.2 Å². The summed E-state index contributed by atoms with van der Waals surface area (Å²) in [5.41, 5.74) is 4.50. The van der Waals surface area contributed by atoms with Crippen LogP contribution in [-0.4, -0.2) is 19.6 Å². The second-order valence-corrected chi connectivity index (χ2v) is 6.49. The molecule has 0 radical (unpaired) electrons. The molecule has 1 aromatic carbocycles. The first-order valence-corrected chi connectivity index (χ1v) is 7.00. The van der Waals surface area contributed by atoms with Gasteiger partial charge in [0.15, 0.2) is 0 Å². The van der Waals surface area contributed by atoms with Crippen LogP contribution < -0.4 is 10.2 Å². The van der Waals surface area contributed by atoms with Crippen LogP contribution in [0, 0.1) is 5.41 Å². The summed E-state index contributed by atoms with van der Waals surface area (Å²) < 4.78 is 0. The molecular formula is C16H26N2. The first kappa shape index (κ1) is 13.3. The molecule has 18 heavy (non-hydrogen) atoms. The SMILES string of the molecule is CC(N(C)c1cccc2c1CCCN2)C(C)(C)C. The number of hydrogen-bond acceptors (Lipinski definition) is 2. The van der Waals surface area contributed by atoms with E-state index < -0.39 is 0 Å². The minimum atomic E-state index is 0.291. The van der Waals surface area contributed by atoms with Gasteiger partial charge in [0, 0.05) is 31.0 Å². The number of nitrogens with one attached hydrogen (secondary N) is 1. The number of benzene rings is 1. The first-order chi connectivity index (χ1) is 8.41. The third kappa shape index (κ3) is 2.47. The Bertz CT molecular complexity index is 418. The van der Waals surface area contributed by atoms with E-state index in [1.807, 2.05) is 0 Å². The summed E-state index contributed by atoms with van der Waals surface area (Å²) in [4.78, 5) is 2.44. The molecule has 0 fully saturated rings. The standard InChI is InChI=1S/C16H26N2/c1-12(16(2,3)4)18(5)15-10-6-9-14-13(15)8-7-11-17-14/h6,9-10,12,17H,7-8,11H2,1-5H3. The van der Waals surface area contributed by atoms with E-state index >= 15 is 0 Å². The Morgan fingerprint density at radius 1 is 1.28 bits per heavy atom. The minimum absolute atomic E-state index is 0.291. The van der Waals surface area contributed by atoms with Crippen LogP contribution in [0.15, 0.2) is 18.2 Å². The average molecular weight is 246 g/mol. The van der Waals surface area contributed by atoms with Gasteiger partial charge in [0.05, 0.1) is 0 Å². The van der Waals surface area contributed by atoms with Crippen LogP contribution in [0.1, 0.15) is 39.7 Å². The quantitative estimate of drug-likeness (QED) is 0.851. The maximum absolute atomic E-state index is 3.51. The highest BCUT2D eigenvalue weighted by atomic mass is 15.1. The lowest BCUT2D eigenvalue weighted by atomic mass is 9.86. The molecule has 1 aromatic rings.